The van der Waals surface area contributed by atoms with Gasteiger partial charge in [0.1, 0.15) is 0 Å². The summed E-state index contributed by atoms with van der Waals surface area (Å²) in [4.78, 5) is 28.5. The number of hydrogen-bond donors (Lipinski definition) is 1. The van der Waals surface area contributed by atoms with Crippen LogP contribution < -0.4 is 15.8 Å². The van der Waals surface area contributed by atoms with E-state index < -0.39 is 6.04 Å². The second kappa shape index (κ2) is 8.38. The Balaban J connectivity index is 1.85. The standard InChI is InChI=1S/C23H23BrN6O2/c1-25-20(31)14-19(15-7-3-2-4-8-15)29-21(32)17-13-16(24)9-10-18(17)30-22(26-27-23(29)30)28-11-5-6-12-28/h2-4,7-10,13,19H,5-6,11-12,14H2,1H3,(H,25,31). The average Bonchev–Trinajstić information content (AvgIpc) is 3.49. The number of carbonyl (C=O) groups excluding carboxylic acids is 1. The predicted octanol–water partition coefficient (Wildman–Crippen LogP) is 3.13. The molecule has 5 rings (SSSR count). The number of amides is 1. The molecule has 0 radical (unpaired) electrons. The quantitative estimate of drug-likeness (QED) is 0.460. The summed E-state index contributed by atoms with van der Waals surface area (Å²) in [5.74, 6) is 1.01. The predicted molar refractivity (Wildman–Crippen MR) is 127 cm³/mol. The summed E-state index contributed by atoms with van der Waals surface area (Å²) in [7, 11) is 1.60. The van der Waals surface area contributed by atoms with Gasteiger partial charge >= 0.3 is 0 Å². The summed E-state index contributed by atoms with van der Waals surface area (Å²) in [6.45, 7) is 1.80. The molecular formula is C23H23BrN6O2. The molecule has 0 saturated carbocycles. The number of fused-ring (bicyclic) bond motifs is 3. The van der Waals surface area contributed by atoms with Crippen LogP contribution in [0.1, 0.15) is 30.9 Å². The molecule has 1 aliphatic rings. The molecule has 1 fully saturated rings. The number of hydrogen-bond acceptors (Lipinski definition) is 5. The van der Waals surface area contributed by atoms with Gasteiger partial charge in [-0.15, -0.1) is 10.2 Å². The Hall–Kier alpha value is -3.20. The summed E-state index contributed by atoms with van der Waals surface area (Å²) in [5.41, 5.74) is 1.41. The van der Waals surface area contributed by atoms with Crippen molar-refractivity contribution in [3.8, 4) is 0 Å². The van der Waals surface area contributed by atoms with Gasteiger partial charge in [-0.05, 0) is 36.6 Å². The van der Waals surface area contributed by atoms with Gasteiger partial charge in [0.25, 0.3) is 5.56 Å². The van der Waals surface area contributed by atoms with Crippen LogP contribution >= 0.6 is 15.9 Å². The Morgan fingerprint density at radius 1 is 1.12 bits per heavy atom. The number of carbonyl (C=O) groups is 1. The second-order valence-electron chi connectivity index (χ2n) is 7.97. The van der Waals surface area contributed by atoms with Crippen LogP contribution in [0.15, 0.2) is 57.8 Å². The molecule has 0 bridgehead atoms. The number of nitrogens with one attached hydrogen (secondary N) is 1. The summed E-state index contributed by atoms with van der Waals surface area (Å²) in [6.07, 6.45) is 2.31. The molecule has 1 amide bonds. The molecule has 1 N–H and O–H groups in total. The first kappa shape index (κ1) is 20.7. The smallest absolute Gasteiger partial charge is 0.263 e. The second-order valence-corrected chi connectivity index (χ2v) is 8.89. The normalized spacial score (nSPS) is 14.9. The van der Waals surface area contributed by atoms with E-state index in [-0.39, 0.29) is 17.9 Å². The first-order valence-electron chi connectivity index (χ1n) is 10.7. The Morgan fingerprint density at radius 3 is 2.59 bits per heavy atom. The van der Waals surface area contributed by atoms with Gasteiger partial charge < -0.3 is 10.2 Å². The van der Waals surface area contributed by atoms with Gasteiger partial charge in [-0.25, -0.2) is 4.40 Å². The molecule has 4 aromatic rings. The van der Waals surface area contributed by atoms with Crippen LogP contribution in [0, 0.1) is 0 Å². The van der Waals surface area contributed by atoms with Crippen molar-refractivity contribution in [1.82, 2.24) is 24.5 Å². The number of rotatable bonds is 5. The van der Waals surface area contributed by atoms with Crippen LogP contribution in [0.25, 0.3) is 16.7 Å². The van der Waals surface area contributed by atoms with Gasteiger partial charge in [0.2, 0.25) is 17.6 Å². The molecule has 1 atom stereocenters. The minimum Gasteiger partial charge on any atom is -0.359 e. The van der Waals surface area contributed by atoms with Crippen molar-refractivity contribution in [3.63, 3.8) is 0 Å². The molecule has 8 nitrogen and oxygen atoms in total. The molecule has 1 saturated heterocycles. The minimum absolute atomic E-state index is 0.113. The third-order valence-corrected chi connectivity index (χ3v) is 6.53. The van der Waals surface area contributed by atoms with Gasteiger partial charge in [-0.2, -0.15) is 0 Å². The fourth-order valence-corrected chi connectivity index (χ4v) is 4.81. The maximum Gasteiger partial charge on any atom is 0.263 e. The van der Waals surface area contributed by atoms with Crippen LogP contribution in [-0.4, -0.2) is 45.2 Å². The van der Waals surface area contributed by atoms with Crippen LogP contribution in [-0.2, 0) is 4.79 Å². The lowest BCUT2D eigenvalue weighted by Crippen LogP contribution is -2.32. The molecule has 3 heterocycles. The first-order chi connectivity index (χ1) is 15.6. The molecule has 0 spiro atoms. The van der Waals surface area contributed by atoms with Gasteiger partial charge in [0.05, 0.1) is 23.4 Å². The highest BCUT2D eigenvalue weighted by Gasteiger charge is 2.27. The van der Waals surface area contributed by atoms with Crippen molar-refractivity contribution < 1.29 is 4.79 Å². The zero-order valence-electron chi connectivity index (χ0n) is 17.7. The van der Waals surface area contributed by atoms with E-state index in [4.69, 9.17) is 0 Å². The summed E-state index contributed by atoms with van der Waals surface area (Å²) >= 11 is 3.50. The molecule has 1 aliphatic heterocycles. The highest BCUT2D eigenvalue weighted by atomic mass is 79.9. The monoisotopic (exact) mass is 494 g/mol. The maximum atomic E-state index is 13.8. The molecule has 32 heavy (non-hydrogen) atoms. The number of nitrogens with zero attached hydrogens (tertiary/aromatic N) is 5. The summed E-state index contributed by atoms with van der Waals surface area (Å²) in [5, 5.41) is 12.2. The lowest BCUT2D eigenvalue weighted by molar-refractivity contribution is -0.121. The Labute approximate surface area is 193 Å². The van der Waals surface area contributed by atoms with Crippen molar-refractivity contribution in [2.75, 3.05) is 25.0 Å². The number of aromatic nitrogens is 4. The molecule has 9 heteroatoms. The fourth-order valence-electron chi connectivity index (χ4n) is 4.45. The van der Waals surface area contributed by atoms with Crippen molar-refractivity contribution in [2.24, 2.45) is 0 Å². The average molecular weight is 495 g/mol. The Morgan fingerprint density at radius 2 is 1.88 bits per heavy atom. The lowest BCUT2D eigenvalue weighted by atomic mass is 10.0. The fraction of sp³-hybridized carbons (Fsp3) is 0.304. The van der Waals surface area contributed by atoms with E-state index in [0.29, 0.717) is 11.2 Å². The van der Waals surface area contributed by atoms with Crippen molar-refractivity contribution in [1.29, 1.82) is 0 Å². The summed E-state index contributed by atoms with van der Waals surface area (Å²) < 4.78 is 4.38. The molecule has 1 unspecified atom stereocenters. The largest absolute Gasteiger partial charge is 0.359 e. The minimum atomic E-state index is -0.523. The SMILES string of the molecule is CNC(=O)CC(c1ccccc1)n1c(=O)c2cc(Br)ccc2n2c(N3CCCC3)nnc12. The van der Waals surface area contributed by atoms with E-state index in [1.54, 1.807) is 11.6 Å². The van der Waals surface area contributed by atoms with E-state index in [0.717, 1.165) is 47.4 Å². The van der Waals surface area contributed by atoms with Crippen LogP contribution in [0.2, 0.25) is 0 Å². The number of halogens is 1. The molecule has 2 aromatic carbocycles. The van der Waals surface area contributed by atoms with E-state index in [9.17, 15) is 9.59 Å². The molecule has 2 aromatic heterocycles. The van der Waals surface area contributed by atoms with Gasteiger partial charge in [0.15, 0.2) is 0 Å². The van der Waals surface area contributed by atoms with Crippen molar-refractivity contribution in [3.05, 3.63) is 68.9 Å². The maximum absolute atomic E-state index is 13.8. The van der Waals surface area contributed by atoms with Gasteiger partial charge in [-0.1, -0.05) is 46.3 Å². The molecular weight excluding hydrogens is 472 g/mol. The van der Waals surface area contributed by atoms with Crippen LogP contribution in [0.4, 0.5) is 5.95 Å². The topological polar surface area (TPSA) is 84.5 Å². The first-order valence-corrected chi connectivity index (χ1v) is 11.5. The van der Waals surface area contributed by atoms with E-state index in [1.807, 2.05) is 52.9 Å². The van der Waals surface area contributed by atoms with Crippen molar-refractivity contribution >= 4 is 44.5 Å². The summed E-state index contributed by atoms with van der Waals surface area (Å²) in [6, 6.07) is 14.7. The van der Waals surface area contributed by atoms with E-state index in [1.165, 1.54) is 0 Å². The lowest BCUT2D eigenvalue weighted by Gasteiger charge is -2.22. The van der Waals surface area contributed by atoms with Gasteiger partial charge in [-0.3, -0.25) is 14.2 Å². The van der Waals surface area contributed by atoms with Crippen LogP contribution in [0.3, 0.4) is 0 Å². The Bertz CT molecular complexity index is 1360. The van der Waals surface area contributed by atoms with Crippen molar-refractivity contribution in [2.45, 2.75) is 25.3 Å². The molecule has 164 valence electrons. The third-order valence-electron chi connectivity index (χ3n) is 6.04. The van der Waals surface area contributed by atoms with Crippen LogP contribution in [0.5, 0.6) is 0 Å². The van der Waals surface area contributed by atoms with E-state index >= 15 is 0 Å². The number of benzene rings is 2. The van der Waals surface area contributed by atoms with E-state index in [2.05, 4.69) is 36.3 Å². The highest BCUT2D eigenvalue weighted by molar-refractivity contribution is 9.10. The third kappa shape index (κ3) is 3.46. The zero-order chi connectivity index (χ0) is 22.2. The zero-order valence-corrected chi connectivity index (χ0v) is 19.2. The Kier molecular flexibility index (Phi) is 5.42. The molecule has 0 aliphatic carbocycles. The van der Waals surface area contributed by atoms with Gasteiger partial charge in [0, 0.05) is 24.6 Å². The highest BCUT2D eigenvalue weighted by Crippen LogP contribution is 2.29. The number of anilines is 1.